The molecule has 118 valence electrons. The van der Waals surface area contributed by atoms with Gasteiger partial charge in [-0.05, 0) is 39.0 Å². The minimum atomic E-state index is -1.18. The van der Waals surface area contributed by atoms with Crippen molar-refractivity contribution in [3.8, 4) is 0 Å². The van der Waals surface area contributed by atoms with E-state index in [-0.39, 0.29) is 18.5 Å². The zero-order valence-electron chi connectivity index (χ0n) is 12.6. The first-order valence-electron chi connectivity index (χ1n) is 7.40. The molecule has 2 N–H and O–H groups in total. The molecule has 1 saturated carbocycles. The van der Waals surface area contributed by atoms with Gasteiger partial charge in [-0.1, -0.05) is 0 Å². The molecule has 21 heavy (non-hydrogen) atoms. The summed E-state index contributed by atoms with van der Waals surface area (Å²) in [6.45, 7) is 1.95. The number of carboxylic acids is 1. The van der Waals surface area contributed by atoms with E-state index < -0.39 is 17.5 Å². The first-order valence-corrected chi connectivity index (χ1v) is 7.40. The van der Waals surface area contributed by atoms with Gasteiger partial charge in [0.25, 0.3) is 0 Å². The van der Waals surface area contributed by atoms with E-state index in [0.29, 0.717) is 13.0 Å². The summed E-state index contributed by atoms with van der Waals surface area (Å²) in [6.07, 6.45) is 4.00. The van der Waals surface area contributed by atoms with Gasteiger partial charge >= 0.3 is 12.0 Å². The molecule has 7 nitrogen and oxygen atoms in total. The lowest BCUT2D eigenvalue weighted by atomic mass is 9.89. The molecule has 0 aromatic rings. The van der Waals surface area contributed by atoms with E-state index in [2.05, 4.69) is 5.32 Å². The highest BCUT2D eigenvalue weighted by Crippen LogP contribution is 2.29. The molecular weight excluding hydrogens is 274 g/mol. The molecule has 0 radical (unpaired) electrons. The third kappa shape index (κ3) is 3.46. The molecule has 1 unspecified atom stereocenters. The largest absolute Gasteiger partial charge is 0.480 e. The van der Waals surface area contributed by atoms with Gasteiger partial charge in [-0.3, -0.25) is 4.79 Å². The van der Waals surface area contributed by atoms with Crippen LogP contribution in [0.25, 0.3) is 0 Å². The van der Waals surface area contributed by atoms with Crippen LogP contribution in [0.4, 0.5) is 4.79 Å². The summed E-state index contributed by atoms with van der Waals surface area (Å²) in [4.78, 5) is 38.4. The molecule has 0 spiro atoms. The Labute approximate surface area is 124 Å². The minimum Gasteiger partial charge on any atom is -0.480 e. The fraction of sp³-hybridized carbons (Fsp3) is 0.786. The molecule has 1 aliphatic carbocycles. The quantitative estimate of drug-likeness (QED) is 0.797. The smallest absolute Gasteiger partial charge is 0.329 e. The number of amides is 3. The number of carboxylic acid groups (broad SMARTS) is 1. The second kappa shape index (κ2) is 5.91. The van der Waals surface area contributed by atoms with E-state index in [9.17, 15) is 19.5 Å². The monoisotopic (exact) mass is 297 g/mol. The number of hydrogen-bond donors (Lipinski definition) is 2. The fourth-order valence-corrected chi connectivity index (χ4v) is 2.64. The highest BCUT2D eigenvalue weighted by molar-refractivity contribution is 5.88. The molecule has 0 bridgehead atoms. The van der Waals surface area contributed by atoms with Crippen LogP contribution in [0, 0.1) is 0 Å². The predicted octanol–water partition coefficient (Wildman–Crippen LogP) is 0.646. The zero-order chi connectivity index (χ0) is 15.6. The van der Waals surface area contributed by atoms with Crippen molar-refractivity contribution in [2.75, 3.05) is 20.1 Å². The summed E-state index contributed by atoms with van der Waals surface area (Å²) in [5.41, 5.74) is -1.18. The van der Waals surface area contributed by atoms with Crippen LogP contribution in [0.2, 0.25) is 0 Å². The predicted molar refractivity (Wildman–Crippen MR) is 75.8 cm³/mol. The Balaban J connectivity index is 1.98. The number of likely N-dealkylation sites (N-methyl/N-ethyl adjacent to an activating group) is 1. The summed E-state index contributed by atoms with van der Waals surface area (Å²) >= 11 is 0. The molecular formula is C14H23N3O4. The van der Waals surface area contributed by atoms with Crippen LogP contribution in [-0.2, 0) is 9.59 Å². The van der Waals surface area contributed by atoms with Crippen LogP contribution in [0.15, 0.2) is 0 Å². The first kappa shape index (κ1) is 15.6. The van der Waals surface area contributed by atoms with Crippen LogP contribution in [0.5, 0.6) is 0 Å². The Morgan fingerprint density at radius 1 is 1.33 bits per heavy atom. The van der Waals surface area contributed by atoms with Crippen molar-refractivity contribution >= 4 is 17.9 Å². The van der Waals surface area contributed by atoms with Gasteiger partial charge in [0, 0.05) is 19.6 Å². The summed E-state index contributed by atoms with van der Waals surface area (Å²) in [7, 11) is 1.53. The Bertz CT molecular complexity index is 450. The van der Waals surface area contributed by atoms with Gasteiger partial charge in [0.2, 0.25) is 5.91 Å². The SMILES string of the molecule is CN(CC(=O)NC1CC1)C(=O)N1CCCCC1(C)C(=O)O. The van der Waals surface area contributed by atoms with Gasteiger partial charge < -0.3 is 20.2 Å². The number of carbonyl (C=O) groups is 3. The van der Waals surface area contributed by atoms with Gasteiger partial charge in [0.15, 0.2) is 0 Å². The van der Waals surface area contributed by atoms with E-state index in [1.807, 2.05) is 0 Å². The maximum absolute atomic E-state index is 12.5. The van der Waals surface area contributed by atoms with Gasteiger partial charge in [-0.2, -0.15) is 0 Å². The van der Waals surface area contributed by atoms with Crippen molar-refractivity contribution in [1.82, 2.24) is 15.1 Å². The molecule has 1 heterocycles. The summed E-state index contributed by atoms with van der Waals surface area (Å²) in [5.74, 6) is -1.19. The maximum Gasteiger partial charge on any atom is 0.329 e. The highest BCUT2D eigenvalue weighted by atomic mass is 16.4. The lowest BCUT2D eigenvalue weighted by Gasteiger charge is -2.43. The van der Waals surface area contributed by atoms with E-state index in [1.165, 1.54) is 16.8 Å². The maximum atomic E-state index is 12.5. The molecule has 2 rings (SSSR count). The van der Waals surface area contributed by atoms with E-state index in [1.54, 1.807) is 6.92 Å². The molecule has 2 fully saturated rings. The molecule has 1 saturated heterocycles. The van der Waals surface area contributed by atoms with Crippen LogP contribution in [-0.4, -0.2) is 64.5 Å². The van der Waals surface area contributed by atoms with Gasteiger partial charge in [0.05, 0.1) is 0 Å². The lowest BCUT2D eigenvalue weighted by molar-refractivity contribution is -0.150. The third-order valence-corrected chi connectivity index (χ3v) is 4.23. The molecule has 1 aliphatic heterocycles. The van der Waals surface area contributed by atoms with Crippen molar-refractivity contribution in [3.05, 3.63) is 0 Å². The Morgan fingerprint density at radius 3 is 2.57 bits per heavy atom. The molecule has 7 heteroatoms. The van der Waals surface area contributed by atoms with Crippen LogP contribution >= 0.6 is 0 Å². The van der Waals surface area contributed by atoms with Gasteiger partial charge in [0.1, 0.15) is 12.1 Å². The van der Waals surface area contributed by atoms with Crippen molar-refractivity contribution < 1.29 is 19.5 Å². The zero-order valence-corrected chi connectivity index (χ0v) is 12.6. The second-order valence-electron chi connectivity index (χ2n) is 6.17. The number of piperidine rings is 1. The Hall–Kier alpha value is -1.79. The van der Waals surface area contributed by atoms with Gasteiger partial charge in [-0.25, -0.2) is 9.59 Å². The molecule has 0 aromatic heterocycles. The number of likely N-dealkylation sites (tertiary alicyclic amines) is 1. The first-order chi connectivity index (χ1) is 9.84. The van der Waals surface area contributed by atoms with E-state index in [0.717, 1.165) is 25.7 Å². The number of urea groups is 1. The highest BCUT2D eigenvalue weighted by Gasteiger charge is 2.45. The number of carbonyl (C=O) groups excluding carboxylic acids is 2. The third-order valence-electron chi connectivity index (χ3n) is 4.23. The summed E-state index contributed by atoms with van der Waals surface area (Å²) in [5, 5.41) is 12.2. The molecule has 2 aliphatic rings. The van der Waals surface area contributed by atoms with Crippen molar-refractivity contribution in [3.63, 3.8) is 0 Å². The van der Waals surface area contributed by atoms with Crippen LogP contribution in [0.1, 0.15) is 39.0 Å². The molecule has 1 atom stereocenters. The summed E-state index contributed by atoms with van der Waals surface area (Å²) < 4.78 is 0. The van der Waals surface area contributed by atoms with Crippen LogP contribution < -0.4 is 5.32 Å². The van der Waals surface area contributed by atoms with E-state index >= 15 is 0 Å². The fourth-order valence-electron chi connectivity index (χ4n) is 2.64. The summed E-state index contributed by atoms with van der Waals surface area (Å²) in [6, 6.07) is -0.147. The van der Waals surface area contributed by atoms with E-state index in [4.69, 9.17) is 0 Å². The normalized spacial score (nSPS) is 25.3. The Kier molecular flexibility index (Phi) is 4.39. The standard InChI is InChI=1S/C14H23N3O4/c1-14(12(19)20)7-3-4-8-17(14)13(21)16(2)9-11(18)15-10-5-6-10/h10H,3-9H2,1-2H3,(H,15,18)(H,19,20). The number of hydrogen-bond acceptors (Lipinski definition) is 3. The van der Waals surface area contributed by atoms with Crippen molar-refractivity contribution in [1.29, 1.82) is 0 Å². The number of aliphatic carboxylic acids is 1. The number of rotatable bonds is 4. The Morgan fingerprint density at radius 2 is 2.00 bits per heavy atom. The lowest BCUT2D eigenvalue weighted by Crippen LogP contribution is -2.60. The average Bonchev–Trinajstić information content (AvgIpc) is 3.22. The average molecular weight is 297 g/mol. The number of nitrogens with one attached hydrogen (secondary N) is 1. The van der Waals surface area contributed by atoms with Crippen LogP contribution in [0.3, 0.4) is 0 Å². The van der Waals surface area contributed by atoms with Crippen molar-refractivity contribution in [2.45, 2.75) is 50.6 Å². The van der Waals surface area contributed by atoms with Crippen molar-refractivity contribution in [2.24, 2.45) is 0 Å². The molecule has 3 amide bonds. The molecule has 0 aromatic carbocycles. The van der Waals surface area contributed by atoms with Gasteiger partial charge in [-0.15, -0.1) is 0 Å². The topological polar surface area (TPSA) is 90.0 Å². The number of nitrogens with zero attached hydrogens (tertiary/aromatic N) is 2. The minimum absolute atomic E-state index is 0.0401. The second-order valence-corrected chi connectivity index (χ2v) is 6.17.